The molecule has 1 unspecified atom stereocenters. The van der Waals surface area contributed by atoms with Crippen LogP contribution in [0.1, 0.15) is 22.9 Å². The first-order chi connectivity index (χ1) is 12.5. The fourth-order valence-electron chi connectivity index (χ4n) is 3.41. The molecule has 0 spiro atoms. The Kier molecular flexibility index (Phi) is 3.68. The van der Waals surface area contributed by atoms with E-state index in [2.05, 4.69) is 5.10 Å². The minimum atomic E-state index is -1.06. The molecule has 1 aliphatic heterocycles. The molecule has 0 radical (unpaired) electrons. The van der Waals surface area contributed by atoms with Gasteiger partial charge in [-0.15, -0.1) is 0 Å². The number of carbonyl (C=O) groups is 2. The van der Waals surface area contributed by atoms with E-state index in [9.17, 15) is 14.7 Å². The number of nitrogens with zero attached hydrogens (tertiary/aromatic N) is 3. The Morgan fingerprint density at radius 3 is 2.96 bits per heavy atom. The van der Waals surface area contributed by atoms with Crippen molar-refractivity contribution in [1.82, 2.24) is 14.7 Å². The first-order valence-electron chi connectivity index (χ1n) is 8.06. The van der Waals surface area contributed by atoms with E-state index in [4.69, 9.17) is 9.15 Å². The number of carboxylic acid groups (broad SMARTS) is 1. The summed E-state index contributed by atoms with van der Waals surface area (Å²) in [5, 5.41) is 14.5. The van der Waals surface area contributed by atoms with E-state index in [1.807, 2.05) is 6.07 Å². The van der Waals surface area contributed by atoms with Gasteiger partial charge in [0, 0.05) is 29.6 Å². The molecule has 1 N–H and O–H groups in total. The quantitative estimate of drug-likeness (QED) is 0.767. The van der Waals surface area contributed by atoms with Gasteiger partial charge in [0.2, 0.25) is 5.91 Å². The van der Waals surface area contributed by atoms with Gasteiger partial charge in [0.05, 0.1) is 38.2 Å². The molecule has 8 nitrogen and oxygen atoms in total. The lowest BCUT2D eigenvalue weighted by Gasteiger charge is -2.21. The van der Waals surface area contributed by atoms with Gasteiger partial charge in [-0.25, -0.2) is 4.79 Å². The molecule has 0 bridgehead atoms. The molecule has 0 saturated carbocycles. The maximum atomic E-state index is 12.8. The minimum Gasteiger partial charge on any atom is -0.497 e. The molecule has 8 heteroatoms. The van der Waals surface area contributed by atoms with E-state index >= 15 is 0 Å². The Balaban J connectivity index is 1.61. The molecule has 0 saturated heterocycles. The van der Waals surface area contributed by atoms with E-state index in [1.165, 1.54) is 17.4 Å². The molecule has 1 aromatic carbocycles. The predicted octanol–water partition coefficient (Wildman–Crippen LogP) is 1.89. The molecule has 1 atom stereocenters. The lowest BCUT2D eigenvalue weighted by molar-refractivity contribution is -0.149. The Bertz CT molecular complexity index is 1020. The van der Waals surface area contributed by atoms with Crippen molar-refractivity contribution in [1.29, 1.82) is 0 Å². The highest BCUT2D eigenvalue weighted by molar-refractivity contribution is 5.91. The van der Waals surface area contributed by atoms with Crippen molar-refractivity contribution in [2.75, 3.05) is 7.11 Å². The molecule has 1 aliphatic rings. The van der Waals surface area contributed by atoms with Crippen LogP contribution in [-0.4, -0.2) is 38.8 Å². The van der Waals surface area contributed by atoms with Crippen LogP contribution in [0.15, 0.2) is 35.1 Å². The van der Waals surface area contributed by atoms with E-state index in [0.29, 0.717) is 22.5 Å². The third-order valence-corrected chi connectivity index (χ3v) is 4.78. The predicted molar refractivity (Wildman–Crippen MR) is 90.6 cm³/mol. The van der Waals surface area contributed by atoms with Gasteiger partial charge < -0.3 is 19.2 Å². The zero-order valence-electron chi connectivity index (χ0n) is 14.3. The van der Waals surface area contributed by atoms with Crippen molar-refractivity contribution < 1.29 is 23.8 Å². The van der Waals surface area contributed by atoms with Crippen LogP contribution < -0.4 is 4.74 Å². The second-order valence-corrected chi connectivity index (χ2v) is 6.23. The van der Waals surface area contributed by atoms with Gasteiger partial charge in [-0.2, -0.15) is 5.10 Å². The molecule has 1 amide bonds. The molecule has 0 fully saturated rings. The monoisotopic (exact) mass is 355 g/mol. The molecule has 3 heterocycles. The van der Waals surface area contributed by atoms with Gasteiger partial charge in [0.25, 0.3) is 0 Å². The number of ether oxygens (including phenoxy) is 1. The van der Waals surface area contributed by atoms with Crippen molar-refractivity contribution in [3.05, 3.63) is 47.5 Å². The number of fused-ring (bicyclic) bond motifs is 2. The van der Waals surface area contributed by atoms with Crippen LogP contribution in [0.25, 0.3) is 11.0 Å². The highest BCUT2D eigenvalue weighted by Gasteiger charge is 2.40. The lowest BCUT2D eigenvalue weighted by Crippen LogP contribution is -2.35. The number of carbonyl (C=O) groups excluding carboxylic acids is 1. The summed E-state index contributed by atoms with van der Waals surface area (Å²) >= 11 is 0. The number of carboxylic acids is 1. The fraction of sp³-hybridized carbons (Fsp3) is 0.278. The van der Waals surface area contributed by atoms with E-state index in [0.717, 1.165) is 11.1 Å². The summed E-state index contributed by atoms with van der Waals surface area (Å²) in [6, 6.07) is 4.37. The van der Waals surface area contributed by atoms with Crippen molar-refractivity contribution in [3.63, 3.8) is 0 Å². The van der Waals surface area contributed by atoms with Gasteiger partial charge in [-0.3, -0.25) is 9.48 Å². The number of rotatable bonds is 4. The fourth-order valence-corrected chi connectivity index (χ4v) is 3.41. The second kappa shape index (κ2) is 5.91. The number of aromatic nitrogens is 2. The Morgan fingerprint density at radius 2 is 2.23 bits per heavy atom. The first-order valence-corrected chi connectivity index (χ1v) is 8.06. The van der Waals surface area contributed by atoms with Crippen LogP contribution in [0.4, 0.5) is 0 Å². The number of amides is 1. The van der Waals surface area contributed by atoms with Gasteiger partial charge in [-0.1, -0.05) is 0 Å². The van der Waals surface area contributed by atoms with E-state index in [-0.39, 0.29) is 18.9 Å². The van der Waals surface area contributed by atoms with Crippen molar-refractivity contribution in [2.45, 2.75) is 19.0 Å². The number of aliphatic carboxylic acids is 1. The lowest BCUT2D eigenvalue weighted by atomic mass is 10.1. The summed E-state index contributed by atoms with van der Waals surface area (Å²) in [4.78, 5) is 25.9. The van der Waals surface area contributed by atoms with Crippen LogP contribution >= 0.6 is 0 Å². The molecular weight excluding hydrogens is 338 g/mol. The first kappa shape index (κ1) is 16.2. The largest absolute Gasteiger partial charge is 0.497 e. The summed E-state index contributed by atoms with van der Waals surface area (Å²) in [6.45, 7) is 0.227. The van der Waals surface area contributed by atoms with E-state index < -0.39 is 12.0 Å². The number of methoxy groups -OCH3 is 1. The molecule has 134 valence electrons. The van der Waals surface area contributed by atoms with Crippen LogP contribution in [0.2, 0.25) is 0 Å². The smallest absolute Gasteiger partial charge is 0.331 e. The maximum absolute atomic E-state index is 12.8. The van der Waals surface area contributed by atoms with E-state index in [1.54, 1.807) is 31.0 Å². The maximum Gasteiger partial charge on any atom is 0.331 e. The standard InChI is InChI=1S/C18H17N3O5/c1-20-14-8-21(17(18(23)24)13(14)7-19-20)16(22)5-10-9-26-15-6-11(25-2)3-4-12(10)15/h3-4,6-7,9,17H,5,8H2,1-2H3,(H,23,24). The highest BCUT2D eigenvalue weighted by Crippen LogP contribution is 2.34. The molecule has 0 aliphatic carbocycles. The zero-order valence-corrected chi connectivity index (χ0v) is 14.3. The van der Waals surface area contributed by atoms with Crippen LogP contribution in [-0.2, 0) is 29.6 Å². The average molecular weight is 355 g/mol. The van der Waals surface area contributed by atoms with Crippen molar-refractivity contribution in [3.8, 4) is 5.75 Å². The average Bonchev–Trinajstić information content (AvgIpc) is 3.29. The molecule has 3 aromatic rings. The number of hydrogen-bond donors (Lipinski definition) is 1. The summed E-state index contributed by atoms with van der Waals surface area (Å²) in [5.41, 5.74) is 2.64. The third-order valence-electron chi connectivity index (χ3n) is 4.78. The van der Waals surface area contributed by atoms with Gasteiger partial charge in [0.1, 0.15) is 11.3 Å². The second-order valence-electron chi connectivity index (χ2n) is 6.23. The third kappa shape index (κ3) is 2.42. The summed E-state index contributed by atoms with van der Waals surface area (Å²) < 4.78 is 12.3. The van der Waals surface area contributed by atoms with Crippen molar-refractivity contribution >= 4 is 22.8 Å². The molecular formula is C18H17N3O5. The van der Waals surface area contributed by atoms with Crippen molar-refractivity contribution in [2.24, 2.45) is 7.05 Å². The minimum absolute atomic E-state index is 0.0600. The molecule has 2 aromatic heterocycles. The summed E-state index contributed by atoms with van der Waals surface area (Å²) in [5.74, 6) is -0.669. The number of hydrogen-bond acceptors (Lipinski definition) is 5. The molecule has 4 rings (SSSR count). The Morgan fingerprint density at radius 1 is 1.42 bits per heavy atom. The van der Waals surface area contributed by atoms with Crippen LogP contribution in [0.5, 0.6) is 5.75 Å². The van der Waals surface area contributed by atoms with Gasteiger partial charge >= 0.3 is 5.97 Å². The summed E-state index contributed by atoms with van der Waals surface area (Å²) in [6.07, 6.45) is 3.11. The Hall–Kier alpha value is -3.29. The topological polar surface area (TPSA) is 97.8 Å². The van der Waals surface area contributed by atoms with Gasteiger partial charge in [0.15, 0.2) is 6.04 Å². The Labute approximate surface area is 148 Å². The van der Waals surface area contributed by atoms with Crippen LogP contribution in [0, 0.1) is 0 Å². The van der Waals surface area contributed by atoms with Crippen LogP contribution in [0.3, 0.4) is 0 Å². The molecule has 26 heavy (non-hydrogen) atoms. The normalized spacial score (nSPS) is 16.1. The number of aryl methyl sites for hydroxylation is 1. The number of furan rings is 1. The zero-order chi connectivity index (χ0) is 18.4. The van der Waals surface area contributed by atoms with Gasteiger partial charge in [-0.05, 0) is 12.1 Å². The highest BCUT2D eigenvalue weighted by atomic mass is 16.5. The number of benzene rings is 1. The SMILES string of the molecule is COc1ccc2c(CC(=O)N3Cc4c(cnn4C)C3C(=O)O)coc2c1. The summed E-state index contributed by atoms with van der Waals surface area (Å²) in [7, 11) is 3.31.